The summed E-state index contributed by atoms with van der Waals surface area (Å²) in [6, 6.07) is 9.17. The maximum atomic E-state index is 5.49. The van der Waals surface area contributed by atoms with Gasteiger partial charge in [-0.3, -0.25) is 4.90 Å². The van der Waals surface area contributed by atoms with E-state index in [0.717, 1.165) is 24.1 Å². The van der Waals surface area contributed by atoms with Gasteiger partial charge in [-0.2, -0.15) is 0 Å². The molecular formula is C19H28N2. The van der Waals surface area contributed by atoms with Crippen LogP contribution in [0.25, 0.3) is 0 Å². The lowest BCUT2D eigenvalue weighted by Crippen LogP contribution is -2.34. The molecule has 21 heavy (non-hydrogen) atoms. The van der Waals surface area contributed by atoms with Gasteiger partial charge in [-0.1, -0.05) is 43.4 Å². The van der Waals surface area contributed by atoms with Crippen LogP contribution in [0.2, 0.25) is 0 Å². The minimum Gasteiger partial charge on any atom is -0.320 e. The Morgan fingerprint density at radius 2 is 1.90 bits per heavy atom. The van der Waals surface area contributed by atoms with Crippen molar-refractivity contribution in [2.45, 2.75) is 51.6 Å². The van der Waals surface area contributed by atoms with Crippen molar-refractivity contribution in [2.24, 2.45) is 11.7 Å². The highest BCUT2D eigenvalue weighted by Gasteiger charge is 2.23. The van der Waals surface area contributed by atoms with Crippen LogP contribution in [0.3, 0.4) is 0 Å². The molecule has 114 valence electrons. The summed E-state index contributed by atoms with van der Waals surface area (Å²) in [5, 5.41) is 0. The molecule has 0 aromatic heterocycles. The van der Waals surface area contributed by atoms with E-state index in [2.05, 4.69) is 55.0 Å². The van der Waals surface area contributed by atoms with Gasteiger partial charge >= 0.3 is 0 Å². The summed E-state index contributed by atoms with van der Waals surface area (Å²) >= 11 is 0. The summed E-state index contributed by atoms with van der Waals surface area (Å²) < 4.78 is 0. The maximum absolute atomic E-state index is 5.49. The van der Waals surface area contributed by atoms with Crippen LogP contribution >= 0.6 is 0 Å². The van der Waals surface area contributed by atoms with Gasteiger partial charge < -0.3 is 5.73 Å². The summed E-state index contributed by atoms with van der Waals surface area (Å²) in [4.78, 5) is 2.51. The average Bonchev–Trinajstić information content (AvgIpc) is 2.54. The fraction of sp³-hybridized carbons (Fsp3) is 0.579. The number of rotatable bonds is 4. The highest BCUT2D eigenvalue weighted by molar-refractivity contribution is 5.41. The predicted molar refractivity (Wildman–Crippen MR) is 89.9 cm³/mol. The van der Waals surface area contributed by atoms with E-state index in [1.54, 1.807) is 0 Å². The number of benzene rings is 1. The first-order valence-corrected chi connectivity index (χ1v) is 8.21. The van der Waals surface area contributed by atoms with Crippen molar-refractivity contribution in [2.75, 3.05) is 13.6 Å². The van der Waals surface area contributed by atoms with Gasteiger partial charge in [0.2, 0.25) is 0 Å². The van der Waals surface area contributed by atoms with E-state index >= 15 is 0 Å². The van der Waals surface area contributed by atoms with Crippen LogP contribution in [0, 0.1) is 17.8 Å². The number of hydrogen-bond donors (Lipinski definition) is 1. The molecule has 1 aliphatic rings. The third-order valence-electron chi connectivity index (χ3n) is 4.78. The molecule has 0 spiro atoms. The number of nitrogens with two attached hydrogens (primary N) is 1. The Hall–Kier alpha value is -1.30. The highest BCUT2D eigenvalue weighted by Crippen LogP contribution is 2.29. The normalized spacial score (nSPS) is 21.9. The quantitative estimate of drug-likeness (QED) is 0.859. The minimum atomic E-state index is 0.422. The molecule has 0 amide bonds. The maximum Gasteiger partial charge on any atom is 0.0555 e. The second kappa shape index (κ2) is 8.22. The number of nitrogens with zero attached hydrogens (tertiary/aromatic N) is 1. The molecule has 0 saturated heterocycles. The van der Waals surface area contributed by atoms with Crippen molar-refractivity contribution in [1.82, 2.24) is 4.90 Å². The van der Waals surface area contributed by atoms with Crippen LogP contribution in [0.15, 0.2) is 24.3 Å². The van der Waals surface area contributed by atoms with Crippen molar-refractivity contribution >= 4 is 0 Å². The Labute approximate surface area is 129 Å². The van der Waals surface area contributed by atoms with Crippen molar-refractivity contribution in [1.29, 1.82) is 0 Å². The molecule has 0 heterocycles. The first-order chi connectivity index (χ1) is 10.2. The van der Waals surface area contributed by atoms with Crippen LogP contribution in [0.1, 0.15) is 50.2 Å². The fourth-order valence-corrected chi connectivity index (χ4v) is 3.32. The molecule has 0 radical (unpaired) electrons. The molecule has 0 bridgehead atoms. The summed E-state index contributed by atoms with van der Waals surface area (Å²) in [6.07, 6.45) is 6.80. The van der Waals surface area contributed by atoms with Crippen molar-refractivity contribution < 1.29 is 0 Å². The monoisotopic (exact) mass is 284 g/mol. The molecule has 1 aliphatic carbocycles. The van der Waals surface area contributed by atoms with Gasteiger partial charge in [-0.25, -0.2) is 0 Å². The van der Waals surface area contributed by atoms with E-state index in [1.165, 1.54) is 37.7 Å². The van der Waals surface area contributed by atoms with Gasteiger partial charge in [-0.05, 0) is 50.3 Å². The van der Waals surface area contributed by atoms with Gasteiger partial charge in [0.1, 0.15) is 0 Å². The van der Waals surface area contributed by atoms with Gasteiger partial charge in [0, 0.05) is 18.2 Å². The van der Waals surface area contributed by atoms with Crippen LogP contribution in [0.5, 0.6) is 0 Å². The molecule has 1 aromatic carbocycles. The van der Waals surface area contributed by atoms with Gasteiger partial charge in [0.15, 0.2) is 0 Å². The summed E-state index contributed by atoms with van der Waals surface area (Å²) in [5.41, 5.74) is 7.93. The van der Waals surface area contributed by atoms with Crippen LogP contribution in [-0.4, -0.2) is 24.5 Å². The SMILES string of the molecule is CCC1CCC(N(C)Cc2ccccc2C#CCN)CC1. The van der Waals surface area contributed by atoms with E-state index < -0.39 is 0 Å². The molecule has 2 N–H and O–H groups in total. The van der Waals surface area contributed by atoms with Gasteiger partial charge in [0.25, 0.3) is 0 Å². The zero-order valence-electron chi connectivity index (χ0n) is 13.4. The molecule has 2 nitrogen and oxygen atoms in total. The molecule has 0 aliphatic heterocycles. The zero-order chi connectivity index (χ0) is 15.1. The van der Waals surface area contributed by atoms with Crippen molar-refractivity contribution in [3.8, 4) is 11.8 Å². The predicted octanol–water partition coefficient (Wildman–Crippen LogP) is 3.40. The van der Waals surface area contributed by atoms with Crippen molar-refractivity contribution in [3.63, 3.8) is 0 Å². The van der Waals surface area contributed by atoms with Crippen LogP contribution < -0.4 is 5.73 Å². The van der Waals surface area contributed by atoms with Crippen LogP contribution in [-0.2, 0) is 6.54 Å². The largest absolute Gasteiger partial charge is 0.320 e. The fourth-order valence-electron chi connectivity index (χ4n) is 3.32. The van der Waals surface area contributed by atoms with E-state index in [1.807, 2.05) is 0 Å². The Morgan fingerprint density at radius 1 is 1.19 bits per heavy atom. The second-order valence-electron chi connectivity index (χ2n) is 6.16. The first kappa shape index (κ1) is 16.1. The zero-order valence-corrected chi connectivity index (χ0v) is 13.4. The molecular weight excluding hydrogens is 256 g/mol. The third-order valence-corrected chi connectivity index (χ3v) is 4.78. The Bertz CT molecular complexity index is 490. The third kappa shape index (κ3) is 4.59. The molecule has 2 rings (SSSR count). The summed E-state index contributed by atoms with van der Waals surface area (Å²) in [6.45, 7) is 3.73. The average molecular weight is 284 g/mol. The van der Waals surface area contributed by atoms with Gasteiger partial charge in [0.05, 0.1) is 6.54 Å². The Balaban J connectivity index is 1.98. The summed E-state index contributed by atoms with van der Waals surface area (Å²) in [5.74, 6) is 7.12. The lowest BCUT2D eigenvalue weighted by Gasteiger charge is -2.34. The van der Waals surface area contributed by atoms with E-state index in [-0.39, 0.29) is 0 Å². The Kier molecular flexibility index (Phi) is 6.29. The lowest BCUT2D eigenvalue weighted by atomic mass is 9.84. The molecule has 2 heteroatoms. The van der Waals surface area contributed by atoms with Gasteiger partial charge in [-0.15, -0.1) is 0 Å². The van der Waals surface area contributed by atoms with E-state index in [4.69, 9.17) is 5.73 Å². The van der Waals surface area contributed by atoms with E-state index in [9.17, 15) is 0 Å². The standard InChI is InChI=1S/C19H28N2/c1-3-16-10-12-19(13-11-16)21(2)15-18-8-5-4-7-17(18)9-6-14-20/h4-5,7-8,16,19H,3,10-15,20H2,1-2H3. The molecule has 0 atom stereocenters. The van der Waals surface area contributed by atoms with E-state index in [0.29, 0.717) is 6.54 Å². The van der Waals surface area contributed by atoms with Crippen molar-refractivity contribution in [3.05, 3.63) is 35.4 Å². The first-order valence-electron chi connectivity index (χ1n) is 8.21. The molecule has 1 saturated carbocycles. The highest BCUT2D eigenvalue weighted by atomic mass is 15.1. The summed E-state index contributed by atoms with van der Waals surface area (Å²) in [7, 11) is 2.25. The molecule has 1 fully saturated rings. The Morgan fingerprint density at radius 3 is 2.57 bits per heavy atom. The van der Waals surface area contributed by atoms with Crippen LogP contribution in [0.4, 0.5) is 0 Å². The topological polar surface area (TPSA) is 29.3 Å². The molecule has 0 unspecified atom stereocenters. The smallest absolute Gasteiger partial charge is 0.0555 e. The number of hydrogen-bond acceptors (Lipinski definition) is 2. The minimum absolute atomic E-state index is 0.422. The molecule has 1 aromatic rings. The lowest BCUT2D eigenvalue weighted by molar-refractivity contribution is 0.157. The second-order valence-corrected chi connectivity index (χ2v) is 6.16.